The van der Waals surface area contributed by atoms with Crippen molar-refractivity contribution in [1.29, 1.82) is 0 Å². The normalized spacial score (nSPS) is 12.6. The lowest BCUT2D eigenvalue weighted by Crippen LogP contribution is -2.39. The summed E-state index contributed by atoms with van der Waals surface area (Å²) in [4.78, 5) is 6.64. The largest absolute Gasteiger partial charge is 0.487 e. The van der Waals surface area contributed by atoms with Gasteiger partial charge in [-0.1, -0.05) is 140 Å². The molecule has 0 radical (unpaired) electrons. The van der Waals surface area contributed by atoms with E-state index >= 15 is 0 Å². The highest BCUT2D eigenvalue weighted by atomic mass is 16.5. The van der Waals surface area contributed by atoms with Crippen LogP contribution in [0, 0.1) is 0 Å². The molecule has 0 amide bonds. The van der Waals surface area contributed by atoms with Crippen molar-refractivity contribution < 1.29 is 4.74 Å². The van der Waals surface area contributed by atoms with Crippen molar-refractivity contribution in [2.24, 2.45) is 0 Å². The van der Waals surface area contributed by atoms with E-state index in [9.17, 15) is 0 Å². The van der Waals surface area contributed by atoms with E-state index in [1.165, 1.54) is 0 Å². The number of rotatable bonds is 10. The highest BCUT2D eigenvalue weighted by Crippen LogP contribution is 2.41. The Hall–Kier alpha value is -6.08. The van der Waals surface area contributed by atoms with Crippen LogP contribution in [0.1, 0.15) is 47.0 Å². The lowest BCUT2D eigenvalue weighted by Gasteiger charge is -2.34. The van der Waals surface area contributed by atoms with E-state index in [4.69, 9.17) is 25.1 Å². The zero-order valence-electron chi connectivity index (χ0n) is 28.0. The van der Waals surface area contributed by atoms with Gasteiger partial charge in [-0.05, 0) is 63.9 Å². The summed E-state index contributed by atoms with van der Waals surface area (Å²) >= 11 is 0. The number of aryl methyl sites for hydroxylation is 2. The average molecular weight is 655 g/mol. The highest BCUT2D eigenvalue weighted by molar-refractivity contribution is 5.81. The Bertz CT molecular complexity index is 2110. The van der Waals surface area contributed by atoms with Crippen molar-refractivity contribution >= 4 is 5.69 Å². The fourth-order valence-electron chi connectivity index (χ4n) is 7.01. The van der Waals surface area contributed by atoms with Gasteiger partial charge in [0.15, 0.2) is 5.54 Å². The monoisotopic (exact) mass is 654 g/mol. The summed E-state index contributed by atoms with van der Waals surface area (Å²) in [5.41, 5.74) is 9.37. The molecule has 7 nitrogen and oxygen atoms in total. The third kappa shape index (κ3) is 5.81. The molecule has 1 aliphatic rings. The first-order chi connectivity index (χ1) is 24.7. The Balaban J connectivity index is 1.25. The second kappa shape index (κ2) is 13.8. The van der Waals surface area contributed by atoms with Gasteiger partial charge in [-0.15, -0.1) is 15.0 Å². The van der Waals surface area contributed by atoms with Crippen LogP contribution in [-0.2, 0) is 25.0 Å². The number of fused-ring (bicyclic) bond motifs is 1. The van der Waals surface area contributed by atoms with Crippen molar-refractivity contribution in [2.45, 2.75) is 38.3 Å². The van der Waals surface area contributed by atoms with Gasteiger partial charge in [0.2, 0.25) is 5.82 Å². The molecular weight excluding hydrogens is 617 g/mol. The number of nitrogens with zero attached hydrogens (tertiary/aromatic N) is 5. The lowest BCUT2D eigenvalue weighted by atomic mass is 9.77. The number of ether oxygens (including phenoxy) is 1. The number of benzene rings is 5. The van der Waals surface area contributed by atoms with Crippen LogP contribution in [-0.4, -0.2) is 31.7 Å². The van der Waals surface area contributed by atoms with Crippen molar-refractivity contribution in [3.05, 3.63) is 179 Å². The Morgan fingerprint density at radius 2 is 1.34 bits per heavy atom. The zero-order valence-corrected chi connectivity index (χ0v) is 28.0. The first-order valence-corrected chi connectivity index (χ1v) is 17.3. The van der Waals surface area contributed by atoms with Gasteiger partial charge in [0.1, 0.15) is 12.4 Å². The minimum Gasteiger partial charge on any atom is -0.487 e. The SMILES string of the molecule is CCc1cc(OCc2ccc(-c3ccccc3)c(-c3nnn(C(c4ccccc4)(c4ccccc4)c4ccccc4)n3)c2)c2c(n1)CCCN2. The van der Waals surface area contributed by atoms with Crippen LogP contribution in [0.5, 0.6) is 5.75 Å². The number of pyridine rings is 1. The predicted molar refractivity (Wildman–Crippen MR) is 198 cm³/mol. The van der Waals surface area contributed by atoms with E-state index in [1.807, 2.05) is 24.3 Å². The summed E-state index contributed by atoms with van der Waals surface area (Å²) in [6, 6.07) is 50.1. The minimum absolute atomic E-state index is 0.388. The maximum atomic E-state index is 6.54. The standard InChI is InChI=1S/C43H38N6O/c1-2-36-29-40(41-39(45-36)24-15-27-44-41)50-30-31-25-26-37(32-16-7-3-8-17-32)38(28-31)42-46-48-49(47-42)43(33-18-9-4-10-19-33,34-20-11-5-12-21-34)35-22-13-6-14-23-35/h3-14,16-23,25-26,28-29,44H,2,15,24,27,30H2,1H3. The van der Waals surface area contributed by atoms with Crippen molar-refractivity contribution in [1.82, 2.24) is 25.2 Å². The summed E-state index contributed by atoms with van der Waals surface area (Å²) in [5.74, 6) is 1.39. The molecule has 0 aliphatic carbocycles. The third-order valence-corrected chi connectivity index (χ3v) is 9.46. The maximum Gasteiger partial charge on any atom is 0.205 e. The number of hydrogen-bond donors (Lipinski definition) is 1. The highest BCUT2D eigenvalue weighted by Gasteiger charge is 2.41. The van der Waals surface area contributed by atoms with E-state index in [0.29, 0.717) is 12.4 Å². The van der Waals surface area contributed by atoms with Gasteiger partial charge in [-0.25, -0.2) is 0 Å². The Morgan fingerprint density at radius 1 is 0.720 bits per heavy atom. The molecule has 8 rings (SSSR count). The zero-order chi connectivity index (χ0) is 33.8. The number of aromatic nitrogens is 5. The van der Waals surface area contributed by atoms with Crippen LogP contribution in [0.2, 0.25) is 0 Å². The molecule has 7 aromatic rings. The Labute approximate surface area is 292 Å². The molecule has 0 saturated heterocycles. The fourth-order valence-corrected chi connectivity index (χ4v) is 7.01. The minimum atomic E-state index is -0.868. The average Bonchev–Trinajstić information content (AvgIpc) is 3.69. The van der Waals surface area contributed by atoms with Crippen LogP contribution in [0.25, 0.3) is 22.5 Å². The van der Waals surface area contributed by atoms with Crippen LogP contribution in [0.4, 0.5) is 5.69 Å². The molecule has 0 bridgehead atoms. The lowest BCUT2D eigenvalue weighted by molar-refractivity contribution is 0.306. The summed E-state index contributed by atoms with van der Waals surface area (Å²) in [6.07, 6.45) is 2.89. The van der Waals surface area contributed by atoms with Gasteiger partial charge in [0.25, 0.3) is 0 Å². The molecule has 1 N–H and O–H groups in total. The molecule has 0 spiro atoms. The molecule has 0 fully saturated rings. The molecule has 5 aromatic carbocycles. The van der Waals surface area contributed by atoms with E-state index in [0.717, 1.165) is 87.6 Å². The molecule has 50 heavy (non-hydrogen) atoms. The van der Waals surface area contributed by atoms with Gasteiger partial charge >= 0.3 is 0 Å². The van der Waals surface area contributed by atoms with E-state index in [2.05, 4.69) is 134 Å². The smallest absolute Gasteiger partial charge is 0.205 e. The summed E-state index contributed by atoms with van der Waals surface area (Å²) < 4.78 is 6.54. The first-order valence-electron chi connectivity index (χ1n) is 17.3. The van der Waals surface area contributed by atoms with Crippen LogP contribution in [0.15, 0.2) is 146 Å². The Kier molecular flexibility index (Phi) is 8.61. The van der Waals surface area contributed by atoms with E-state index < -0.39 is 5.54 Å². The fraction of sp³-hybridized carbons (Fsp3) is 0.163. The van der Waals surface area contributed by atoms with Crippen molar-refractivity contribution in [2.75, 3.05) is 11.9 Å². The molecule has 2 aromatic heterocycles. The molecule has 7 heteroatoms. The van der Waals surface area contributed by atoms with Crippen LogP contribution >= 0.6 is 0 Å². The first kappa shape index (κ1) is 31.2. The third-order valence-electron chi connectivity index (χ3n) is 9.46. The number of nitrogens with one attached hydrogen (secondary N) is 1. The van der Waals surface area contributed by atoms with Crippen LogP contribution in [0.3, 0.4) is 0 Å². The van der Waals surface area contributed by atoms with Crippen molar-refractivity contribution in [3.63, 3.8) is 0 Å². The van der Waals surface area contributed by atoms with E-state index in [-0.39, 0.29) is 0 Å². The van der Waals surface area contributed by atoms with Gasteiger partial charge in [0.05, 0.1) is 11.4 Å². The number of tetrazole rings is 1. The summed E-state index contributed by atoms with van der Waals surface area (Å²) in [6.45, 7) is 3.44. The number of anilines is 1. The molecule has 0 atom stereocenters. The van der Waals surface area contributed by atoms with Crippen molar-refractivity contribution in [3.8, 4) is 28.3 Å². The summed E-state index contributed by atoms with van der Waals surface area (Å²) in [5, 5.41) is 18.4. The quantitative estimate of drug-likeness (QED) is 0.149. The predicted octanol–water partition coefficient (Wildman–Crippen LogP) is 8.74. The van der Waals surface area contributed by atoms with Gasteiger partial charge in [0, 0.05) is 23.9 Å². The molecule has 246 valence electrons. The number of hydrogen-bond acceptors (Lipinski definition) is 6. The van der Waals surface area contributed by atoms with Crippen LogP contribution < -0.4 is 10.1 Å². The molecule has 1 aliphatic heterocycles. The van der Waals surface area contributed by atoms with Gasteiger partial charge in [-0.2, -0.15) is 0 Å². The molecule has 0 saturated carbocycles. The topological polar surface area (TPSA) is 77.8 Å². The van der Waals surface area contributed by atoms with E-state index in [1.54, 1.807) is 4.80 Å². The summed E-state index contributed by atoms with van der Waals surface area (Å²) in [7, 11) is 0. The molecular formula is C43H38N6O. The van der Waals surface area contributed by atoms with Gasteiger partial charge < -0.3 is 10.1 Å². The second-order valence-electron chi connectivity index (χ2n) is 12.6. The van der Waals surface area contributed by atoms with Gasteiger partial charge in [-0.3, -0.25) is 4.98 Å². The Morgan fingerprint density at radius 3 is 1.96 bits per heavy atom. The second-order valence-corrected chi connectivity index (χ2v) is 12.6. The molecule has 3 heterocycles. The molecule has 0 unspecified atom stereocenters. The maximum absolute atomic E-state index is 6.54.